The molecule has 1 aliphatic rings. The van der Waals surface area contributed by atoms with Crippen LogP contribution in [0.15, 0.2) is 22.7 Å². The van der Waals surface area contributed by atoms with Crippen molar-refractivity contribution in [3.05, 3.63) is 33.3 Å². The molecule has 18 heavy (non-hydrogen) atoms. The molecule has 1 aromatic carbocycles. The molecule has 1 saturated heterocycles. The van der Waals surface area contributed by atoms with Gasteiger partial charge in [-0.05, 0) is 42.5 Å². The highest BCUT2D eigenvalue weighted by atomic mass is 79.9. The van der Waals surface area contributed by atoms with Gasteiger partial charge in [-0.25, -0.2) is 0 Å². The first kappa shape index (κ1) is 14.3. The van der Waals surface area contributed by atoms with Crippen molar-refractivity contribution in [2.75, 3.05) is 13.2 Å². The van der Waals surface area contributed by atoms with Gasteiger partial charge in [0.05, 0.1) is 6.10 Å². The summed E-state index contributed by atoms with van der Waals surface area (Å²) in [6, 6.07) is 5.89. The standard InChI is InChI=1S/C14H19BrClNO/c1-2-14-10(5-6-18-14)8-17-9-11-7-12(16)3-4-13(11)15/h3-4,7,10,14,17H,2,5-6,8-9H2,1H3. The van der Waals surface area contributed by atoms with Crippen molar-refractivity contribution in [2.24, 2.45) is 5.92 Å². The van der Waals surface area contributed by atoms with Crippen LogP contribution in [0.2, 0.25) is 5.02 Å². The van der Waals surface area contributed by atoms with E-state index in [2.05, 4.69) is 28.2 Å². The fourth-order valence-corrected chi connectivity index (χ4v) is 3.03. The normalized spacial score (nSPS) is 23.5. The Balaban J connectivity index is 1.83. The van der Waals surface area contributed by atoms with E-state index < -0.39 is 0 Å². The third-order valence-corrected chi connectivity index (χ3v) is 4.49. The molecule has 0 bridgehead atoms. The van der Waals surface area contributed by atoms with Crippen molar-refractivity contribution in [3.8, 4) is 0 Å². The maximum atomic E-state index is 6.00. The molecule has 0 saturated carbocycles. The van der Waals surface area contributed by atoms with Crippen LogP contribution in [0, 0.1) is 5.92 Å². The number of hydrogen-bond donors (Lipinski definition) is 1. The van der Waals surface area contributed by atoms with Gasteiger partial charge in [0.15, 0.2) is 0 Å². The summed E-state index contributed by atoms with van der Waals surface area (Å²) in [7, 11) is 0. The van der Waals surface area contributed by atoms with E-state index in [1.807, 2.05) is 18.2 Å². The van der Waals surface area contributed by atoms with E-state index in [0.29, 0.717) is 12.0 Å². The fraction of sp³-hybridized carbons (Fsp3) is 0.571. The monoisotopic (exact) mass is 331 g/mol. The molecular formula is C14H19BrClNO. The van der Waals surface area contributed by atoms with Crippen LogP contribution in [0.5, 0.6) is 0 Å². The van der Waals surface area contributed by atoms with E-state index in [4.69, 9.17) is 16.3 Å². The third kappa shape index (κ3) is 3.70. The minimum Gasteiger partial charge on any atom is -0.378 e. The van der Waals surface area contributed by atoms with Crippen molar-refractivity contribution in [2.45, 2.75) is 32.4 Å². The second kappa shape index (κ2) is 6.90. The predicted molar refractivity (Wildman–Crippen MR) is 79.0 cm³/mol. The molecule has 2 nitrogen and oxygen atoms in total. The molecular weight excluding hydrogens is 314 g/mol. The lowest BCUT2D eigenvalue weighted by molar-refractivity contribution is 0.0872. The smallest absolute Gasteiger partial charge is 0.0613 e. The topological polar surface area (TPSA) is 21.3 Å². The number of benzene rings is 1. The molecule has 100 valence electrons. The predicted octanol–water partition coefficient (Wildman–Crippen LogP) is 4.01. The van der Waals surface area contributed by atoms with Gasteiger partial charge in [-0.15, -0.1) is 0 Å². The van der Waals surface area contributed by atoms with Crippen molar-refractivity contribution in [3.63, 3.8) is 0 Å². The summed E-state index contributed by atoms with van der Waals surface area (Å²) in [5.41, 5.74) is 1.20. The highest BCUT2D eigenvalue weighted by Gasteiger charge is 2.25. The molecule has 0 aromatic heterocycles. The molecule has 1 heterocycles. The first-order valence-electron chi connectivity index (χ1n) is 6.47. The van der Waals surface area contributed by atoms with Gasteiger partial charge in [-0.2, -0.15) is 0 Å². The lowest BCUT2D eigenvalue weighted by Crippen LogP contribution is -2.28. The summed E-state index contributed by atoms with van der Waals surface area (Å²) in [6.45, 7) is 4.95. The summed E-state index contributed by atoms with van der Waals surface area (Å²) >= 11 is 9.55. The van der Waals surface area contributed by atoms with Gasteiger partial charge in [-0.1, -0.05) is 34.5 Å². The van der Waals surface area contributed by atoms with Crippen molar-refractivity contribution in [1.29, 1.82) is 0 Å². The molecule has 1 aliphatic heterocycles. The van der Waals surface area contributed by atoms with Crippen LogP contribution in [0.1, 0.15) is 25.3 Å². The Kier molecular flexibility index (Phi) is 5.49. The Bertz CT molecular complexity index is 399. The van der Waals surface area contributed by atoms with E-state index in [1.165, 1.54) is 12.0 Å². The Labute approximate surface area is 122 Å². The zero-order valence-corrected chi connectivity index (χ0v) is 12.9. The van der Waals surface area contributed by atoms with Crippen LogP contribution in [-0.4, -0.2) is 19.3 Å². The van der Waals surface area contributed by atoms with Crippen LogP contribution in [-0.2, 0) is 11.3 Å². The number of rotatable bonds is 5. The van der Waals surface area contributed by atoms with Gasteiger partial charge in [0.25, 0.3) is 0 Å². The van der Waals surface area contributed by atoms with Crippen LogP contribution in [0.3, 0.4) is 0 Å². The molecule has 1 fully saturated rings. The maximum Gasteiger partial charge on any atom is 0.0613 e. The molecule has 4 heteroatoms. The lowest BCUT2D eigenvalue weighted by atomic mass is 9.99. The molecule has 1 aromatic rings. The van der Waals surface area contributed by atoms with Crippen LogP contribution in [0.25, 0.3) is 0 Å². The second-order valence-electron chi connectivity index (χ2n) is 4.73. The van der Waals surface area contributed by atoms with Gasteiger partial charge in [0.2, 0.25) is 0 Å². The Morgan fingerprint density at radius 2 is 2.33 bits per heavy atom. The van der Waals surface area contributed by atoms with Gasteiger partial charge >= 0.3 is 0 Å². The average Bonchev–Trinajstić information content (AvgIpc) is 2.81. The molecule has 0 radical (unpaired) electrons. The van der Waals surface area contributed by atoms with E-state index in [0.717, 1.165) is 35.6 Å². The summed E-state index contributed by atoms with van der Waals surface area (Å²) < 4.78 is 6.80. The Morgan fingerprint density at radius 1 is 1.50 bits per heavy atom. The zero-order chi connectivity index (χ0) is 13.0. The molecule has 2 atom stereocenters. The minimum absolute atomic E-state index is 0.431. The van der Waals surface area contributed by atoms with Gasteiger partial charge in [0, 0.05) is 29.2 Å². The molecule has 2 unspecified atom stereocenters. The highest BCUT2D eigenvalue weighted by molar-refractivity contribution is 9.10. The zero-order valence-electron chi connectivity index (χ0n) is 10.6. The minimum atomic E-state index is 0.431. The van der Waals surface area contributed by atoms with E-state index >= 15 is 0 Å². The quantitative estimate of drug-likeness (QED) is 0.879. The van der Waals surface area contributed by atoms with Crippen molar-refractivity contribution < 1.29 is 4.74 Å². The molecule has 2 rings (SSSR count). The number of hydrogen-bond acceptors (Lipinski definition) is 2. The van der Waals surface area contributed by atoms with Crippen LogP contribution < -0.4 is 5.32 Å². The lowest BCUT2D eigenvalue weighted by Gasteiger charge is -2.17. The first-order valence-corrected chi connectivity index (χ1v) is 7.64. The first-order chi connectivity index (χ1) is 8.70. The second-order valence-corrected chi connectivity index (χ2v) is 6.02. The summed E-state index contributed by atoms with van der Waals surface area (Å²) in [6.07, 6.45) is 2.70. The molecule has 0 amide bonds. The summed E-state index contributed by atoms with van der Waals surface area (Å²) in [4.78, 5) is 0. The van der Waals surface area contributed by atoms with E-state index in [-0.39, 0.29) is 0 Å². The fourth-order valence-electron chi connectivity index (χ4n) is 2.45. The van der Waals surface area contributed by atoms with Gasteiger partial charge in [-0.3, -0.25) is 0 Å². The average molecular weight is 333 g/mol. The molecule has 1 N–H and O–H groups in total. The molecule has 0 spiro atoms. The SMILES string of the molecule is CCC1OCCC1CNCc1cc(Cl)ccc1Br. The van der Waals surface area contributed by atoms with Crippen molar-refractivity contribution >= 4 is 27.5 Å². The van der Waals surface area contributed by atoms with Crippen LogP contribution >= 0.6 is 27.5 Å². The Morgan fingerprint density at radius 3 is 3.11 bits per heavy atom. The van der Waals surface area contributed by atoms with Gasteiger partial charge in [0.1, 0.15) is 0 Å². The highest BCUT2D eigenvalue weighted by Crippen LogP contribution is 2.24. The largest absolute Gasteiger partial charge is 0.378 e. The number of nitrogens with one attached hydrogen (secondary N) is 1. The van der Waals surface area contributed by atoms with Crippen LogP contribution in [0.4, 0.5) is 0 Å². The third-order valence-electron chi connectivity index (χ3n) is 3.48. The number of halogens is 2. The molecule has 0 aliphatic carbocycles. The van der Waals surface area contributed by atoms with E-state index in [9.17, 15) is 0 Å². The summed E-state index contributed by atoms with van der Waals surface area (Å²) in [5, 5.41) is 4.29. The number of ether oxygens (including phenoxy) is 1. The van der Waals surface area contributed by atoms with E-state index in [1.54, 1.807) is 0 Å². The summed E-state index contributed by atoms with van der Waals surface area (Å²) in [5.74, 6) is 0.646. The van der Waals surface area contributed by atoms with Crippen molar-refractivity contribution in [1.82, 2.24) is 5.32 Å². The van der Waals surface area contributed by atoms with Gasteiger partial charge < -0.3 is 10.1 Å². The maximum absolute atomic E-state index is 6.00. The Hall–Kier alpha value is -0.0900.